The van der Waals surface area contributed by atoms with Gasteiger partial charge in [0.25, 0.3) is 0 Å². The van der Waals surface area contributed by atoms with Crippen LogP contribution in [0.15, 0.2) is 0 Å². The molecule has 1 N–H and O–H groups in total. The van der Waals surface area contributed by atoms with Crippen LogP contribution < -0.4 is 5.32 Å². The van der Waals surface area contributed by atoms with Gasteiger partial charge in [0, 0.05) is 13.2 Å². The molecule has 4 unspecified atom stereocenters. The second kappa shape index (κ2) is 8.23. The fourth-order valence-electron chi connectivity index (χ4n) is 3.96. The van der Waals surface area contributed by atoms with Crippen molar-refractivity contribution in [2.24, 2.45) is 17.8 Å². The molecule has 0 aromatic rings. The van der Waals surface area contributed by atoms with Gasteiger partial charge in [0.2, 0.25) is 0 Å². The van der Waals surface area contributed by atoms with Crippen molar-refractivity contribution in [1.29, 1.82) is 0 Å². The maximum atomic E-state index is 5.74. The van der Waals surface area contributed by atoms with Crippen LogP contribution in [0.25, 0.3) is 0 Å². The Bertz CT molecular complexity index is 247. The summed E-state index contributed by atoms with van der Waals surface area (Å²) < 4.78 is 10.8. The number of hydrogen-bond donors (Lipinski definition) is 1. The zero-order valence-corrected chi connectivity index (χ0v) is 12.7. The van der Waals surface area contributed by atoms with E-state index in [4.69, 9.17) is 9.47 Å². The molecule has 19 heavy (non-hydrogen) atoms. The molecule has 112 valence electrons. The maximum absolute atomic E-state index is 5.74. The summed E-state index contributed by atoms with van der Waals surface area (Å²) in [7, 11) is 1.73. The van der Waals surface area contributed by atoms with Crippen molar-refractivity contribution in [2.75, 3.05) is 33.5 Å². The summed E-state index contributed by atoms with van der Waals surface area (Å²) in [5, 5.41) is 3.67. The standard InChI is InChI=1S/C16H31NO2/c1-3-6-17-16(12-19-8-7-18-2)11-15-10-13-4-5-14(15)9-13/h13-17H,3-12H2,1-2H3. The van der Waals surface area contributed by atoms with Gasteiger partial charge in [-0.15, -0.1) is 0 Å². The van der Waals surface area contributed by atoms with Crippen molar-refractivity contribution >= 4 is 0 Å². The van der Waals surface area contributed by atoms with Crippen molar-refractivity contribution in [3.05, 3.63) is 0 Å². The van der Waals surface area contributed by atoms with E-state index in [0.29, 0.717) is 12.6 Å². The Labute approximate surface area is 118 Å². The van der Waals surface area contributed by atoms with Crippen molar-refractivity contribution in [3.8, 4) is 0 Å². The Morgan fingerprint density at radius 2 is 2.11 bits per heavy atom. The van der Waals surface area contributed by atoms with Gasteiger partial charge in [-0.3, -0.25) is 0 Å². The lowest BCUT2D eigenvalue weighted by molar-refractivity contribution is 0.0531. The smallest absolute Gasteiger partial charge is 0.0701 e. The summed E-state index contributed by atoms with van der Waals surface area (Å²) in [6.07, 6.45) is 8.49. The fourth-order valence-corrected chi connectivity index (χ4v) is 3.96. The van der Waals surface area contributed by atoms with Gasteiger partial charge in [0.15, 0.2) is 0 Å². The number of rotatable bonds is 10. The van der Waals surface area contributed by atoms with Gasteiger partial charge >= 0.3 is 0 Å². The van der Waals surface area contributed by atoms with E-state index in [1.54, 1.807) is 7.11 Å². The van der Waals surface area contributed by atoms with Crippen LogP contribution in [0.5, 0.6) is 0 Å². The van der Waals surface area contributed by atoms with Gasteiger partial charge in [-0.1, -0.05) is 13.3 Å². The van der Waals surface area contributed by atoms with Gasteiger partial charge in [-0.05, 0) is 56.4 Å². The molecule has 0 aromatic carbocycles. The molecule has 0 saturated heterocycles. The number of hydrogen-bond acceptors (Lipinski definition) is 3. The Balaban J connectivity index is 1.70. The first-order valence-corrected chi connectivity index (χ1v) is 8.13. The molecular weight excluding hydrogens is 238 g/mol. The molecule has 0 spiro atoms. The summed E-state index contributed by atoms with van der Waals surface area (Å²) in [5.74, 6) is 3.03. The largest absolute Gasteiger partial charge is 0.382 e. The first kappa shape index (κ1) is 15.3. The molecule has 0 aliphatic heterocycles. The molecule has 3 heteroatoms. The second-order valence-corrected chi connectivity index (χ2v) is 6.39. The van der Waals surface area contributed by atoms with E-state index in [-0.39, 0.29) is 0 Å². The average Bonchev–Trinajstić information content (AvgIpc) is 3.03. The van der Waals surface area contributed by atoms with Crippen molar-refractivity contribution in [2.45, 2.75) is 51.5 Å². The van der Waals surface area contributed by atoms with Crippen molar-refractivity contribution < 1.29 is 9.47 Å². The fraction of sp³-hybridized carbons (Fsp3) is 1.00. The first-order valence-electron chi connectivity index (χ1n) is 8.13. The monoisotopic (exact) mass is 269 g/mol. The number of ether oxygens (including phenoxy) is 2. The molecule has 2 aliphatic carbocycles. The summed E-state index contributed by atoms with van der Waals surface area (Å²) >= 11 is 0. The number of methoxy groups -OCH3 is 1. The maximum Gasteiger partial charge on any atom is 0.0701 e. The first-order chi connectivity index (χ1) is 9.33. The van der Waals surface area contributed by atoms with Gasteiger partial charge < -0.3 is 14.8 Å². The van der Waals surface area contributed by atoms with Crippen LogP contribution in [0.2, 0.25) is 0 Å². The average molecular weight is 269 g/mol. The van der Waals surface area contributed by atoms with Crippen LogP contribution in [-0.4, -0.2) is 39.5 Å². The predicted molar refractivity (Wildman–Crippen MR) is 78.3 cm³/mol. The molecule has 2 bridgehead atoms. The highest BCUT2D eigenvalue weighted by molar-refractivity contribution is 4.91. The third-order valence-electron chi connectivity index (χ3n) is 4.91. The normalized spacial score (nSPS) is 30.9. The third kappa shape index (κ3) is 4.73. The Morgan fingerprint density at radius 3 is 2.74 bits per heavy atom. The quantitative estimate of drug-likeness (QED) is 0.619. The topological polar surface area (TPSA) is 30.5 Å². The van der Waals surface area contributed by atoms with E-state index in [9.17, 15) is 0 Å². The molecule has 0 amide bonds. The molecule has 3 nitrogen and oxygen atoms in total. The van der Waals surface area contributed by atoms with E-state index in [1.807, 2.05) is 0 Å². The van der Waals surface area contributed by atoms with Gasteiger partial charge in [-0.25, -0.2) is 0 Å². The molecule has 0 aromatic heterocycles. The highest BCUT2D eigenvalue weighted by Crippen LogP contribution is 2.49. The van der Waals surface area contributed by atoms with E-state index >= 15 is 0 Å². The Kier molecular flexibility index (Phi) is 6.62. The van der Waals surface area contributed by atoms with Crippen LogP contribution in [0.1, 0.15) is 45.4 Å². The number of fused-ring (bicyclic) bond motifs is 2. The van der Waals surface area contributed by atoms with E-state index in [1.165, 1.54) is 38.5 Å². The molecule has 4 atom stereocenters. The lowest BCUT2D eigenvalue weighted by Crippen LogP contribution is -2.37. The van der Waals surface area contributed by atoms with E-state index < -0.39 is 0 Å². The molecule has 2 saturated carbocycles. The summed E-state index contributed by atoms with van der Waals surface area (Å²) in [6.45, 7) is 5.61. The predicted octanol–water partition coefficient (Wildman–Crippen LogP) is 2.84. The lowest BCUT2D eigenvalue weighted by atomic mass is 9.84. The van der Waals surface area contributed by atoms with Crippen LogP contribution in [0, 0.1) is 17.8 Å². The number of nitrogens with one attached hydrogen (secondary N) is 1. The zero-order valence-electron chi connectivity index (χ0n) is 12.7. The van der Waals surface area contributed by atoms with Crippen LogP contribution in [-0.2, 0) is 9.47 Å². The van der Waals surface area contributed by atoms with Crippen LogP contribution in [0.4, 0.5) is 0 Å². The van der Waals surface area contributed by atoms with Crippen LogP contribution in [0.3, 0.4) is 0 Å². The Hall–Kier alpha value is -0.120. The highest BCUT2D eigenvalue weighted by atomic mass is 16.5. The zero-order chi connectivity index (χ0) is 13.5. The minimum absolute atomic E-state index is 0.543. The summed E-state index contributed by atoms with van der Waals surface area (Å²) in [6, 6.07) is 0.543. The minimum atomic E-state index is 0.543. The molecular formula is C16H31NO2. The minimum Gasteiger partial charge on any atom is -0.382 e. The van der Waals surface area contributed by atoms with E-state index in [2.05, 4.69) is 12.2 Å². The highest BCUT2D eigenvalue weighted by Gasteiger charge is 2.39. The van der Waals surface area contributed by atoms with E-state index in [0.717, 1.165) is 37.5 Å². The molecule has 0 heterocycles. The third-order valence-corrected chi connectivity index (χ3v) is 4.91. The molecule has 2 aliphatic rings. The van der Waals surface area contributed by atoms with Crippen molar-refractivity contribution in [1.82, 2.24) is 5.32 Å². The SMILES string of the molecule is CCCNC(COCCOC)CC1CC2CCC1C2. The Morgan fingerprint density at radius 1 is 1.21 bits per heavy atom. The summed E-state index contributed by atoms with van der Waals surface area (Å²) in [5.41, 5.74) is 0. The second-order valence-electron chi connectivity index (χ2n) is 6.39. The molecule has 2 rings (SSSR count). The van der Waals surface area contributed by atoms with Gasteiger partial charge in [-0.2, -0.15) is 0 Å². The lowest BCUT2D eigenvalue weighted by Gasteiger charge is -2.27. The summed E-state index contributed by atoms with van der Waals surface area (Å²) in [4.78, 5) is 0. The molecule has 0 radical (unpaired) electrons. The van der Waals surface area contributed by atoms with Crippen LogP contribution >= 0.6 is 0 Å². The van der Waals surface area contributed by atoms with Gasteiger partial charge in [0.1, 0.15) is 0 Å². The van der Waals surface area contributed by atoms with Gasteiger partial charge in [0.05, 0.1) is 19.8 Å². The van der Waals surface area contributed by atoms with Crippen molar-refractivity contribution in [3.63, 3.8) is 0 Å². The molecule has 2 fully saturated rings.